The zero-order valence-electron chi connectivity index (χ0n) is 25.5. The number of fused-ring (bicyclic) bond motifs is 1. The molecule has 4 atom stereocenters. The molecule has 0 bridgehead atoms. The van der Waals surface area contributed by atoms with Crippen molar-refractivity contribution in [3.05, 3.63) is 23.8 Å². The molecule has 1 aromatic rings. The number of anilines is 1. The summed E-state index contributed by atoms with van der Waals surface area (Å²) in [5, 5.41) is 13.2. The van der Waals surface area contributed by atoms with Crippen molar-refractivity contribution in [2.75, 3.05) is 45.2 Å². The fourth-order valence-corrected chi connectivity index (χ4v) is 5.85. The zero-order chi connectivity index (χ0) is 29.1. The Kier molecular flexibility index (Phi) is 13.2. The first-order valence-corrected chi connectivity index (χ1v) is 15.6. The van der Waals surface area contributed by atoms with Gasteiger partial charge in [0.15, 0.2) is 0 Å². The number of likely N-dealkylation sites (N-methyl/N-ethyl adjacent to an activating group) is 1. The van der Waals surface area contributed by atoms with Crippen molar-refractivity contribution in [1.29, 1.82) is 0 Å². The van der Waals surface area contributed by atoms with Crippen LogP contribution in [-0.4, -0.2) is 84.9 Å². The molecule has 226 valence electrons. The van der Waals surface area contributed by atoms with Crippen LogP contribution in [-0.2, 0) is 9.53 Å². The van der Waals surface area contributed by atoms with Gasteiger partial charge in [0.1, 0.15) is 5.75 Å². The van der Waals surface area contributed by atoms with Crippen molar-refractivity contribution in [3.63, 3.8) is 0 Å². The average Bonchev–Trinajstić information content (AvgIpc) is 2.95. The van der Waals surface area contributed by atoms with Gasteiger partial charge >= 0.3 is 0 Å². The molecule has 0 saturated heterocycles. The van der Waals surface area contributed by atoms with E-state index in [1.54, 1.807) is 11.0 Å². The topological polar surface area (TPSA) is 91.3 Å². The average molecular weight is 560 g/mol. The van der Waals surface area contributed by atoms with E-state index in [-0.39, 0.29) is 48.5 Å². The minimum Gasteiger partial charge on any atom is -0.490 e. The number of amides is 2. The lowest BCUT2D eigenvalue weighted by atomic mass is 9.88. The minimum absolute atomic E-state index is 0.0175. The summed E-state index contributed by atoms with van der Waals surface area (Å²) in [4.78, 5) is 31.2. The second kappa shape index (κ2) is 16.3. The number of nitrogens with zero attached hydrogens (tertiary/aromatic N) is 2. The molecule has 0 spiro atoms. The Morgan fingerprint density at radius 2 is 1.88 bits per heavy atom. The normalized spacial score (nSPS) is 24.6. The monoisotopic (exact) mass is 559 g/mol. The molecule has 0 radical (unpaired) electrons. The van der Waals surface area contributed by atoms with Crippen LogP contribution in [0.25, 0.3) is 0 Å². The maximum atomic E-state index is 14.2. The van der Waals surface area contributed by atoms with E-state index in [9.17, 15) is 14.7 Å². The van der Waals surface area contributed by atoms with Crippen LogP contribution in [0.15, 0.2) is 18.2 Å². The SMILES string of the molecule is CCCN(C)C[C@H]1OCCCC[C@@H](C)Oc2ccc(NC(=O)C3CCCCC3)cc2C(=O)N([C@@H](C)CO)C[C@H]1C. The van der Waals surface area contributed by atoms with Gasteiger partial charge in [-0.25, -0.2) is 0 Å². The summed E-state index contributed by atoms with van der Waals surface area (Å²) in [5.74, 6) is 0.403. The molecule has 40 heavy (non-hydrogen) atoms. The van der Waals surface area contributed by atoms with Gasteiger partial charge in [-0.1, -0.05) is 33.1 Å². The molecule has 1 aliphatic heterocycles. The molecule has 3 rings (SSSR count). The second-order valence-corrected chi connectivity index (χ2v) is 12.1. The van der Waals surface area contributed by atoms with Gasteiger partial charge in [0.25, 0.3) is 5.91 Å². The molecule has 1 fully saturated rings. The van der Waals surface area contributed by atoms with Gasteiger partial charge in [0, 0.05) is 37.2 Å². The Labute approximate surface area is 241 Å². The highest BCUT2D eigenvalue weighted by atomic mass is 16.5. The first-order chi connectivity index (χ1) is 19.2. The van der Waals surface area contributed by atoms with Crippen molar-refractivity contribution >= 4 is 17.5 Å². The van der Waals surface area contributed by atoms with Gasteiger partial charge in [0.2, 0.25) is 5.91 Å². The van der Waals surface area contributed by atoms with E-state index in [2.05, 4.69) is 31.1 Å². The van der Waals surface area contributed by atoms with Crippen LogP contribution in [0, 0.1) is 11.8 Å². The van der Waals surface area contributed by atoms with Crippen molar-refractivity contribution in [2.24, 2.45) is 11.8 Å². The molecule has 1 aromatic carbocycles. The van der Waals surface area contributed by atoms with E-state index < -0.39 is 0 Å². The highest BCUT2D eigenvalue weighted by molar-refractivity contribution is 6.00. The van der Waals surface area contributed by atoms with Crippen molar-refractivity contribution < 1.29 is 24.2 Å². The maximum absolute atomic E-state index is 14.2. The number of ether oxygens (including phenoxy) is 2. The van der Waals surface area contributed by atoms with E-state index in [1.807, 2.05) is 26.0 Å². The lowest BCUT2D eigenvalue weighted by Gasteiger charge is -2.36. The van der Waals surface area contributed by atoms with E-state index >= 15 is 0 Å². The zero-order valence-corrected chi connectivity index (χ0v) is 25.5. The van der Waals surface area contributed by atoms with Crippen molar-refractivity contribution in [3.8, 4) is 5.75 Å². The predicted octanol–water partition coefficient (Wildman–Crippen LogP) is 5.34. The van der Waals surface area contributed by atoms with E-state index in [0.29, 0.717) is 30.2 Å². The number of benzene rings is 1. The summed E-state index contributed by atoms with van der Waals surface area (Å²) in [5.41, 5.74) is 1.02. The smallest absolute Gasteiger partial charge is 0.258 e. The molecule has 1 aliphatic carbocycles. The lowest BCUT2D eigenvalue weighted by Crippen LogP contribution is -2.47. The van der Waals surface area contributed by atoms with Crippen molar-refractivity contribution in [1.82, 2.24) is 9.80 Å². The molecule has 0 aromatic heterocycles. The third-order valence-corrected chi connectivity index (χ3v) is 8.39. The van der Waals surface area contributed by atoms with Crippen LogP contribution in [0.5, 0.6) is 5.75 Å². The fourth-order valence-electron chi connectivity index (χ4n) is 5.85. The summed E-state index contributed by atoms with van der Waals surface area (Å²) < 4.78 is 12.7. The number of aliphatic hydroxyl groups excluding tert-OH is 1. The summed E-state index contributed by atoms with van der Waals surface area (Å²) >= 11 is 0. The number of carbonyl (C=O) groups excluding carboxylic acids is 2. The maximum Gasteiger partial charge on any atom is 0.258 e. The van der Waals surface area contributed by atoms with Gasteiger partial charge in [-0.05, 0) is 84.2 Å². The van der Waals surface area contributed by atoms with Crippen LogP contribution < -0.4 is 10.1 Å². The summed E-state index contributed by atoms with van der Waals surface area (Å²) in [6.45, 7) is 10.9. The summed E-state index contributed by atoms with van der Waals surface area (Å²) in [6.07, 6.45) is 8.89. The standard InChI is InChI=1S/C32H53N3O5/c1-6-17-34(5)21-30-23(2)20-35(24(3)22-36)32(38)28-19-27(33-31(37)26-13-8-7-9-14-26)15-16-29(28)40-25(4)12-10-11-18-39-30/h15-16,19,23-26,30,36H,6-14,17-18,20-22H2,1-5H3,(H,33,37)/t23-,24+,25-,30-/m1/s1. The van der Waals surface area contributed by atoms with Gasteiger partial charge < -0.3 is 29.7 Å². The van der Waals surface area contributed by atoms with E-state index in [0.717, 1.165) is 64.5 Å². The lowest BCUT2D eigenvalue weighted by molar-refractivity contribution is -0.120. The number of hydrogen-bond acceptors (Lipinski definition) is 6. The van der Waals surface area contributed by atoms with Crippen LogP contribution in [0.3, 0.4) is 0 Å². The first kappa shape index (κ1) is 32.4. The Morgan fingerprint density at radius 3 is 2.58 bits per heavy atom. The van der Waals surface area contributed by atoms with E-state index in [4.69, 9.17) is 9.47 Å². The minimum atomic E-state index is -0.386. The number of hydrogen-bond donors (Lipinski definition) is 2. The van der Waals surface area contributed by atoms with Crippen LogP contribution in [0.1, 0.15) is 95.8 Å². The molecular weight excluding hydrogens is 506 g/mol. The number of carbonyl (C=O) groups is 2. The summed E-state index contributed by atoms with van der Waals surface area (Å²) in [6, 6.07) is 5.01. The number of rotatable bonds is 8. The second-order valence-electron chi connectivity index (χ2n) is 12.1. The van der Waals surface area contributed by atoms with Crippen LogP contribution >= 0.6 is 0 Å². The third-order valence-electron chi connectivity index (χ3n) is 8.39. The highest BCUT2D eigenvalue weighted by Crippen LogP contribution is 2.30. The first-order valence-electron chi connectivity index (χ1n) is 15.6. The Balaban J connectivity index is 1.92. The van der Waals surface area contributed by atoms with E-state index in [1.165, 1.54) is 6.42 Å². The molecule has 2 aliphatic rings. The molecule has 8 nitrogen and oxygen atoms in total. The van der Waals surface area contributed by atoms with Gasteiger partial charge in [-0.3, -0.25) is 9.59 Å². The third kappa shape index (κ3) is 9.45. The predicted molar refractivity (Wildman–Crippen MR) is 160 cm³/mol. The molecule has 2 amide bonds. The van der Waals surface area contributed by atoms with Gasteiger partial charge in [0.05, 0.1) is 30.4 Å². The van der Waals surface area contributed by atoms with Crippen molar-refractivity contribution in [2.45, 2.75) is 104 Å². The van der Waals surface area contributed by atoms with Crippen LogP contribution in [0.4, 0.5) is 5.69 Å². The van der Waals surface area contributed by atoms with Gasteiger partial charge in [-0.15, -0.1) is 0 Å². The number of aliphatic hydroxyl groups is 1. The summed E-state index contributed by atoms with van der Waals surface area (Å²) in [7, 11) is 2.11. The quantitative estimate of drug-likeness (QED) is 0.447. The molecule has 0 unspecified atom stereocenters. The highest BCUT2D eigenvalue weighted by Gasteiger charge is 2.30. The molecular formula is C32H53N3O5. The Morgan fingerprint density at radius 1 is 1.15 bits per heavy atom. The molecule has 1 saturated carbocycles. The van der Waals surface area contributed by atoms with Gasteiger partial charge in [-0.2, -0.15) is 0 Å². The molecule has 8 heteroatoms. The molecule has 2 N–H and O–H groups in total. The van der Waals surface area contributed by atoms with Crippen LogP contribution in [0.2, 0.25) is 0 Å². The number of nitrogens with one attached hydrogen (secondary N) is 1. The fraction of sp³-hybridized carbons (Fsp3) is 0.750. The molecule has 1 heterocycles. The largest absolute Gasteiger partial charge is 0.490 e. The Bertz CT molecular complexity index is 935. The Hall–Kier alpha value is -2.16.